The molecule has 3 N–H and O–H groups in total. The number of carboxylic acid groups (broad SMARTS) is 1. The molecule has 2 unspecified atom stereocenters. The Balaban J connectivity index is 1.99. The first-order valence-electron chi connectivity index (χ1n) is 6.97. The summed E-state index contributed by atoms with van der Waals surface area (Å²) in [6.07, 6.45) is 4.65. The summed E-state index contributed by atoms with van der Waals surface area (Å²) in [5.41, 5.74) is 0. The highest BCUT2D eigenvalue weighted by molar-refractivity contribution is 5.74. The normalized spacial score (nSPS) is 19.9. The van der Waals surface area contributed by atoms with Gasteiger partial charge in [-0.15, -0.1) is 0 Å². The Morgan fingerprint density at radius 1 is 1.37 bits per heavy atom. The van der Waals surface area contributed by atoms with Crippen LogP contribution < -0.4 is 10.6 Å². The van der Waals surface area contributed by atoms with E-state index in [0.717, 1.165) is 32.3 Å². The van der Waals surface area contributed by atoms with E-state index in [-0.39, 0.29) is 24.6 Å². The van der Waals surface area contributed by atoms with E-state index in [1.807, 2.05) is 6.92 Å². The highest BCUT2D eigenvalue weighted by atomic mass is 16.5. The molecule has 0 saturated carbocycles. The summed E-state index contributed by atoms with van der Waals surface area (Å²) < 4.78 is 5.50. The quantitative estimate of drug-likeness (QED) is 0.584. The van der Waals surface area contributed by atoms with Crippen molar-refractivity contribution in [1.29, 1.82) is 0 Å². The summed E-state index contributed by atoms with van der Waals surface area (Å²) in [6.45, 7) is 3.30. The monoisotopic (exact) mass is 272 g/mol. The van der Waals surface area contributed by atoms with Crippen LogP contribution in [0.2, 0.25) is 0 Å². The molecule has 2 amide bonds. The third-order valence-electron chi connectivity index (χ3n) is 3.23. The minimum absolute atomic E-state index is 0.0227. The van der Waals surface area contributed by atoms with E-state index >= 15 is 0 Å². The number of carboxylic acids is 1. The molecular formula is C13H24N2O4. The number of carbonyl (C=O) groups is 2. The average molecular weight is 272 g/mol. The van der Waals surface area contributed by atoms with Crippen LogP contribution >= 0.6 is 0 Å². The molecule has 110 valence electrons. The number of urea groups is 1. The van der Waals surface area contributed by atoms with Gasteiger partial charge in [-0.25, -0.2) is 4.79 Å². The molecule has 0 aromatic rings. The molecule has 0 spiro atoms. The van der Waals surface area contributed by atoms with Crippen molar-refractivity contribution in [2.45, 2.75) is 57.6 Å². The van der Waals surface area contributed by atoms with Gasteiger partial charge in [0.15, 0.2) is 0 Å². The van der Waals surface area contributed by atoms with E-state index in [1.54, 1.807) is 0 Å². The highest BCUT2D eigenvalue weighted by Crippen LogP contribution is 2.15. The lowest BCUT2D eigenvalue weighted by atomic mass is 10.1. The Morgan fingerprint density at radius 3 is 2.79 bits per heavy atom. The fourth-order valence-corrected chi connectivity index (χ4v) is 2.13. The molecule has 0 aromatic carbocycles. The first-order valence-corrected chi connectivity index (χ1v) is 6.97. The number of carbonyl (C=O) groups excluding carboxylic acids is 1. The van der Waals surface area contributed by atoms with Crippen molar-refractivity contribution >= 4 is 12.0 Å². The van der Waals surface area contributed by atoms with E-state index in [4.69, 9.17) is 9.84 Å². The molecule has 19 heavy (non-hydrogen) atoms. The fourth-order valence-electron chi connectivity index (χ4n) is 2.13. The number of amides is 2. The molecule has 0 aliphatic carbocycles. The largest absolute Gasteiger partial charge is 0.481 e. The first-order chi connectivity index (χ1) is 9.09. The van der Waals surface area contributed by atoms with E-state index < -0.39 is 5.97 Å². The number of hydrogen-bond acceptors (Lipinski definition) is 3. The zero-order chi connectivity index (χ0) is 14.1. The lowest BCUT2D eigenvalue weighted by Crippen LogP contribution is -2.46. The van der Waals surface area contributed by atoms with Crippen molar-refractivity contribution < 1.29 is 19.4 Å². The zero-order valence-corrected chi connectivity index (χ0v) is 11.5. The smallest absolute Gasteiger partial charge is 0.315 e. The van der Waals surface area contributed by atoms with Crippen molar-refractivity contribution in [2.75, 3.05) is 13.2 Å². The maximum atomic E-state index is 11.6. The SMILES string of the molecule is CC(NC(=O)NCCCCCC(=O)O)C1CCCO1. The van der Waals surface area contributed by atoms with Crippen LogP contribution in [0.25, 0.3) is 0 Å². The van der Waals surface area contributed by atoms with Crippen LogP contribution in [0.1, 0.15) is 45.4 Å². The van der Waals surface area contributed by atoms with Crippen LogP contribution in [0.15, 0.2) is 0 Å². The lowest BCUT2D eigenvalue weighted by Gasteiger charge is -2.20. The molecule has 2 atom stereocenters. The minimum Gasteiger partial charge on any atom is -0.481 e. The Kier molecular flexibility index (Phi) is 7.25. The van der Waals surface area contributed by atoms with Crippen LogP contribution in [0.5, 0.6) is 0 Å². The summed E-state index contributed by atoms with van der Waals surface area (Å²) in [7, 11) is 0. The zero-order valence-electron chi connectivity index (χ0n) is 11.5. The van der Waals surface area contributed by atoms with Crippen molar-refractivity contribution in [3.8, 4) is 0 Å². The van der Waals surface area contributed by atoms with Gasteiger partial charge in [0, 0.05) is 19.6 Å². The van der Waals surface area contributed by atoms with E-state index in [1.165, 1.54) is 0 Å². The Labute approximate surface area is 113 Å². The van der Waals surface area contributed by atoms with Gasteiger partial charge in [0.2, 0.25) is 0 Å². The third kappa shape index (κ3) is 7.00. The molecule has 0 bridgehead atoms. The second-order valence-electron chi connectivity index (χ2n) is 4.94. The molecule has 6 nitrogen and oxygen atoms in total. The predicted molar refractivity (Wildman–Crippen MR) is 71.1 cm³/mol. The number of rotatable bonds is 8. The minimum atomic E-state index is -0.768. The summed E-state index contributed by atoms with van der Waals surface area (Å²) in [5, 5.41) is 14.1. The van der Waals surface area contributed by atoms with Gasteiger partial charge in [0.1, 0.15) is 0 Å². The summed E-state index contributed by atoms with van der Waals surface area (Å²) in [5.74, 6) is -0.768. The van der Waals surface area contributed by atoms with Gasteiger partial charge in [-0.1, -0.05) is 6.42 Å². The number of nitrogens with one attached hydrogen (secondary N) is 2. The van der Waals surface area contributed by atoms with Gasteiger partial charge < -0.3 is 20.5 Å². The topological polar surface area (TPSA) is 87.7 Å². The van der Waals surface area contributed by atoms with Crippen LogP contribution in [0, 0.1) is 0 Å². The van der Waals surface area contributed by atoms with Crippen LogP contribution in [0.3, 0.4) is 0 Å². The Hall–Kier alpha value is -1.30. The van der Waals surface area contributed by atoms with Crippen molar-refractivity contribution in [1.82, 2.24) is 10.6 Å². The lowest BCUT2D eigenvalue weighted by molar-refractivity contribution is -0.137. The molecule has 0 radical (unpaired) electrons. The van der Waals surface area contributed by atoms with Crippen molar-refractivity contribution in [2.24, 2.45) is 0 Å². The van der Waals surface area contributed by atoms with E-state index in [9.17, 15) is 9.59 Å². The first kappa shape index (κ1) is 15.8. The molecule has 0 aromatic heterocycles. The summed E-state index contributed by atoms with van der Waals surface area (Å²) in [6, 6.07) is -0.157. The molecule has 6 heteroatoms. The second-order valence-corrected chi connectivity index (χ2v) is 4.94. The van der Waals surface area contributed by atoms with Crippen molar-refractivity contribution in [3.05, 3.63) is 0 Å². The van der Waals surface area contributed by atoms with Crippen LogP contribution in [0.4, 0.5) is 4.79 Å². The maximum absolute atomic E-state index is 11.6. The van der Waals surface area contributed by atoms with Gasteiger partial charge in [0.25, 0.3) is 0 Å². The number of aliphatic carboxylic acids is 1. The number of hydrogen-bond donors (Lipinski definition) is 3. The molecule has 1 aliphatic rings. The van der Waals surface area contributed by atoms with Gasteiger partial charge >= 0.3 is 12.0 Å². The predicted octanol–water partition coefficient (Wildman–Crippen LogP) is 1.50. The molecular weight excluding hydrogens is 248 g/mol. The van der Waals surface area contributed by atoms with Gasteiger partial charge in [-0.2, -0.15) is 0 Å². The van der Waals surface area contributed by atoms with Crippen molar-refractivity contribution in [3.63, 3.8) is 0 Å². The molecule has 1 aliphatic heterocycles. The molecule has 1 heterocycles. The standard InChI is InChI=1S/C13H24N2O4/c1-10(11-6-5-9-19-11)15-13(18)14-8-4-2-3-7-12(16)17/h10-11H,2-9H2,1H3,(H,16,17)(H2,14,15,18). The van der Waals surface area contributed by atoms with Crippen LogP contribution in [-0.4, -0.2) is 42.4 Å². The second kappa shape index (κ2) is 8.74. The van der Waals surface area contributed by atoms with Gasteiger partial charge in [-0.05, 0) is 32.6 Å². The Morgan fingerprint density at radius 2 is 2.16 bits per heavy atom. The summed E-state index contributed by atoms with van der Waals surface area (Å²) in [4.78, 5) is 21.9. The van der Waals surface area contributed by atoms with Crippen LogP contribution in [-0.2, 0) is 9.53 Å². The average Bonchev–Trinajstić information content (AvgIpc) is 2.87. The molecule has 1 fully saturated rings. The number of unbranched alkanes of at least 4 members (excludes halogenated alkanes) is 2. The summed E-state index contributed by atoms with van der Waals surface area (Å²) >= 11 is 0. The molecule has 1 saturated heterocycles. The fraction of sp³-hybridized carbons (Fsp3) is 0.846. The Bertz CT molecular complexity index is 290. The van der Waals surface area contributed by atoms with E-state index in [0.29, 0.717) is 13.0 Å². The van der Waals surface area contributed by atoms with Gasteiger partial charge in [-0.3, -0.25) is 4.79 Å². The van der Waals surface area contributed by atoms with E-state index in [2.05, 4.69) is 10.6 Å². The van der Waals surface area contributed by atoms with Gasteiger partial charge in [0.05, 0.1) is 12.1 Å². The molecule has 1 rings (SSSR count). The highest BCUT2D eigenvalue weighted by Gasteiger charge is 2.23. The third-order valence-corrected chi connectivity index (χ3v) is 3.23. The number of ether oxygens (including phenoxy) is 1. The maximum Gasteiger partial charge on any atom is 0.315 e.